The van der Waals surface area contributed by atoms with E-state index in [1.54, 1.807) is 0 Å². The van der Waals surface area contributed by atoms with Crippen LogP contribution in [0.25, 0.3) is 0 Å². The molecule has 3 heteroatoms. The van der Waals surface area contributed by atoms with Gasteiger partial charge in [-0.15, -0.1) is 0 Å². The summed E-state index contributed by atoms with van der Waals surface area (Å²) >= 11 is 0. The van der Waals surface area contributed by atoms with E-state index in [1.807, 2.05) is 27.7 Å². The van der Waals surface area contributed by atoms with Crippen molar-refractivity contribution in [3.8, 4) is 0 Å². The molecule has 0 saturated carbocycles. The summed E-state index contributed by atoms with van der Waals surface area (Å²) in [4.78, 5) is 0. The third-order valence-electron chi connectivity index (χ3n) is 2.45. The molecule has 0 amide bonds. The summed E-state index contributed by atoms with van der Waals surface area (Å²) in [6, 6.07) is 0. The van der Waals surface area contributed by atoms with Crippen LogP contribution in [0.5, 0.6) is 0 Å². The molecule has 1 fully saturated rings. The zero-order valence-electron chi connectivity index (χ0n) is 7.60. The minimum Gasteiger partial charge on any atom is -0.313 e. The van der Waals surface area contributed by atoms with Gasteiger partial charge in [0.15, 0.2) is 0 Å². The van der Waals surface area contributed by atoms with Crippen molar-refractivity contribution in [2.75, 3.05) is 0 Å². The molecule has 0 aromatic heterocycles. The van der Waals surface area contributed by atoms with Gasteiger partial charge in [-0.1, -0.05) is 0 Å². The van der Waals surface area contributed by atoms with Crippen molar-refractivity contribution in [3.05, 3.63) is 0 Å². The first-order valence-electron chi connectivity index (χ1n) is 3.85. The monoisotopic (exact) mass is 156 g/mol. The normalized spacial score (nSPS) is 29.4. The minimum absolute atomic E-state index is 0.277. The molecule has 0 spiro atoms. The zero-order valence-corrected chi connectivity index (χ0v) is 7.60. The Bertz CT molecular complexity index is 196. The highest BCUT2D eigenvalue weighted by Gasteiger charge is 2.48. The Hall–Kier alpha value is -0.410. The maximum atomic E-state index is 9.65. The highest BCUT2D eigenvalue weighted by Crippen LogP contribution is 2.35. The first-order valence-corrected chi connectivity index (χ1v) is 3.85. The van der Waals surface area contributed by atoms with Gasteiger partial charge in [0.1, 0.15) is 0 Å². The van der Waals surface area contributed by atoms with E-state index >= 15 is 0 Å². The van der Waals surface area contributed by atoms with Gasteiger partial charge in [-0.05, 0) is 27.7 Å². The summed E-state index contributed by atoms with van der Waals surface area (Å²) < 4.78 is 0. The van der Waals surface area contributed by atoms with Crippen molar-refractivity contribution >= 4 is 5.71 Å². The fraction of sp³-hybridized carbons (Fsp3) is 0.875. The van der Waals surface area contributed by atoms with Gasteiger partial charge in [-0.2, -0.15) is 5.06 Å². The van der Waals surface area contributed by atoms with E-state index in [9.17, 15) is 5.21 Å². The molecule has 0 aliphatic carbocycles. The summed E-state index contributed by atoms with van der Waals surface area (Å²) in [6.45, 7) is 7.61. The molecular weight excluding hydrogens is 140 g/mol. The van der Waals surface area contributed by atoms with E-state index in [1.165, 1.54) is 5.06 Å². The molecular formula is C8H16N2O. The van der Waals surface area contributed by atoms with Crippen molar-refractivity contribution in [2.24, 2.45) is 0 Å². The number of rotatable bonds is 0. The lowest BCUT2D eigenvalue weighted by Crippen LogP contribution is -2.47. The number of nitrogens with one attached hydrogen (secondary N) is 1. The highest BCUT2D eigenvalue weighted by molar-refractivity contribution is 5.93. The van der Waals surface area contributed by atoms with Gasteiger partial charge < -0.3 is 10.6 Å². The van der Waals surface area contributed by atoms with Crippen LogP contribution in [0.15, 0.2) is 0 Å². The molecule has 0 bridgehead atoms. The largest absolute Gasteiger partial charge is 0.313 e. The van der Waals surface area contributed by atoms with E-state index in [4.69, 9.17) is 5.41 Å². The molecule has 3 nitrogen and oxygen atoms in total. The third kappa shape index (κ3) is 1.08. The van der Waals surface area contributed by atoms with Crippen LogP contribution in [0.2, 0.25) is 0 Å². The van der Waals surface area contributed by atoms with Crippen LogP contribution in [0, 0.1) is 5.41 Å². The predicted octanol–water partition coefficient (Wildman–Crippen LogP) is 1.66. The Balaban J connectivity index is 2.98. The van der Waals surface area contributed by atoms with Crippen molar-refractivity contribution < 1.29 is 5.21 Å². The van der Waals surface area contributed by atoms with Gasteiger partial charge in [0.05, 0.1) is 5.54 Å². The summed E-state index contributed by atoms with van der Waals surface area (Å²) in [7, 11) is 0. The topological polar surface area (TPSA) is 47.3 Å². The maximum Gasteiger partial charge on any atom is 0.0784 e. The first kappa shape index (κ1) is 8.68. The van der Waals surface area contributed by atoms with Gasteiger partial charge in [-0.25, -0.2) is 0 Å². The number of hydroxylamine groups is 2. The van der Waals surface area contributed by atoms with E-state index < -0.39 is 5.54 Å². The summed E-state index contributed by atoms with van der Waals surface area (Å²) in [5, 5.41) is 18.6. The SMILES string of the molecule is CC1(C)CC(=N)C(C)(C)N1O. The van der Waals surface area contributed by atoms with Gasteiger partial charge in [-0.3, -0.25) is 0 Å². The molecule has 1 aliphatic heterocycles. The lowest BCUT2D eigenvalue weighted by molar-refractivity contribution is -0.184. The van der Waals surface area contributed by atoms with Crippen LogP contribution < -0.4 is 0 Å². The van der Waals surface area contributed by atoms with Crippen LogP contribution >= 0.6 is 0 Å². The average molecular weight is 156 g/mol. The third-order valence-corrected chi connectivity index (χ3v) is 2.45. The molecule has 1 rings (SSSR count). The Morgan fingerprint density at radius 1 is 1.36 bits per heavy atom. The Kier molecular flexibility index (Phi) is 1.62. The minimum atomic E-state index is -0.483. The van der Waals surface area contributed by atoms with Crippen molar-refractivity contribution in [1.29, 1.82) is 5.41 Å². The van der Waals surface area contributed by atoms with E-state index in [0.29, 0.717) is 12.1 Å². The van der Waals surface area contributed by atoms with Gasteiger partial charge in [0.25, 0.3) is 0 Å². The molecule has 2 N–H and O–H groups in total. The predicted molar refractivity (Wildman–Crippen MR) is 44.1 cm³/mol. The highest BCUT2D eigenvalue weighted by atomic mass is 16.5. The van der Waals surface area contributed by atoms with Crippen LogP contribution in [-0.2, 0) is 0 Å². The average Bonchev–Trinajstić information content (AvgIpc) is 1.94. The lowest BCUT2D eigenvalue weighted by atomic mass is 9.99. The van der Waals surface area contributed by atoms with Crippen LogP contribution in [0.4, 0.5) is 0 Å². The molecule has 0 aromatic carbocycles. The Labute approximate surface area is 67.5 Å². The molecule has 1 saturated heterocycles. The summed E-state index contributed by atoms with van der Waals surface area (Å²) in [5.74, 6) is 0. The molecule has 0 unspecified atom stereocenters. The molecule has 0 radical (unpaired) electrons. The standard InChI is InChI=1S/C8H16N2O/c1-7(2)5-6(9)8(3,4)10(7)11/h9,11H,5H2,1-4H3. The lowest BCUT2D eigenvalue weighted by Gasteiger charge is -2.33. The zero-order chi connectivity index (χ0) is 8.86. The fourth-order valence-electron chi connectivity index (χ4n) is 1.61. The second-order valence-electron chi connectivity index (χ2n) is 4.34. The Morgan fingerprint density at radius 3 is 1.91 bits per heavy atom. The number of nitrogens with zero attached hydrogens (tertiary/aromatic N) is 1. The van der Waals surface area contributed by atoms with Crippen LogP contribution in [-0.4, -0.2) is 27.1 Å². The smallest absolute Gasteiger partial charge is 0.0784 e. The molecule has 0 atom stereocenters. The van der Waals surface area contributed by atoms with E-state index in [-0.39, 0.29) is 5.54 Å². The van der Waals surface area contributed by atoms with Gasteiger partial charge >= 0.3 is 0 Å². The molecule has 64 valence electrons. The molecule has 0 aromatic rings. The van der Waals surface area contributed by atoms with Crippen molar-refractivity contribution in [1.82, 2.24) is 5.06 Å². The quantitative estimate of drug-likeness (QED) is 0.560. The summed E-state index contributed by atoms with van der Waals surface area (Å²) in [6.07, 6.45) is 0.649. The van der Waals surface area contributed by atoms with E-state index in [2.05, 4.69) is 0 Å². The van der Waals surface area contributed by atoms with Gasteiger partial charge in [0, 0.05) is 17.7 Å². The Morgan fingerprint density at radius 2 is 1.82 bits per heavy atom. The van der Waals surface area contributed by atoms with Crippen LogP contribution in [0.3, 0.4) is 0 Å². The van der Waals surface area contributed by atoms with Gasteiger partial charge in [0.2, 0.25) is 0 Å². The molecule has 11 heavy (non-hydrogen) atoms. The van der Waals surface area contributed by atoms with E-state index in [0.717, 1.165) is 0 Å². The number of hydrogen-bond acceptors (Lipinski definition) is 3. The molecule has 1 heterocycles. The fourth-order valence-corrected chi connectivity index (χ4v) is 1.61. The molecule has 1 aliphatic rings. The van der Waals surface area contributed by atoms with Crippen molar-refractivity contribution in [3.63, 3.8) is 0 Å². The van der Waals surface area contributed by atoms with Crippen LogP contribution in [0.1, 0.15) is 34.1 Å². The summed E-state index contributed by atoms with van der Waals surface area (Å²) in [5.41, 5.74) is -0.158. The first-order chi connectivity index (χ1) is 4.78. The second kappa shape index (κ2) is 2.05. The number of hydrogen-bond donors (Lipinski definition) is 2. The maximum absolute atomic E-state index is 9.65. The second-order valence-corrected chi connectivity index (χ2v) is 4.34. The van der Waals surface area contributed by atoms with Crippen molar-refractivity contribution in [2.45, 2.75) is 45.2 Å².